The average Bonchev–Trinajstić information content (AvgIpc) is 2.65. The van der Waals surface area contributed by atoms with Crippen LogP contribution in [0.3, 0.4) is 0 Å². The molecule has 0 aliphatic carbocycles. The monoisotopic (exact) mass is 322 g/mol. The number of hydrogen-bond acceptors (Lipinski definition) is 5. The molecular weight excluding hydrogens is 312 g/mol. The van der Waals surface area contributed by atoms with Crippen LogP contribution in [0.25, 0.3) is 0 Å². The third-order valence-electron chi connectivity index (χ3n) is 2.46. The van der Waals surface area contributed by atoms with Gasteiger partial charge in [-0.05, 0) is 41.5 Å². The lowest BCUT2D eigenvalue weighted by atomic mass is 10.1. The Morgan fingerprint density at radius 2 is 2.44 bits per heavy atom. The Labute approximate surface area is 110 Å². The Kier molecular flexibility index (Phi) is 3.91. The van der Waals surface area contributed by atoms with E-state index in [1.54, 1.807) is 22.7 Å². The van der Waals surface area contributed by atoms with Crippen LogP contribution in [0.15, 0.2) is 15.9 Å². The summed E-state index contributed by atoms with van der Waals surface area (Å²) in [5, 5.41) is 9.09. The number of carboxylic acid groups (broad SMARTS) is 1. The number of aliphatic carboxylic acids is 1. The first kappa shape index (κ1) is 12.4. The third-order valence-corrected chi connectivity index (χ3v) is 5.13. The zero-order valence-electron chi connectivity index (χ0n) is 8.51. The van der Waals surface area contributed by atoms with Crippen molar-refractivity contribution in [3.8, 4) is 0 Å². The number of nitrogens with one attached hydrogen (secondary N) is 1. The van der Waals surface area contributed by atoms with E-state index in [4.69, 9.17) is 5.11 Å². The molecule has 0 radical (unpaired) electrons. The molecule has 1 aromatic heterocycles. The molecule has 0 aromatic carbocycles. The van der Waals surface area contributed by atoms with E-state index in [2.05, 4.69) is 20.7 Å². The van der Waals surface area contributed by atoms with Crippen molar-refractivity contribution in [1.82, 2.24) is 9.03 Å². The summed E-state index contributed by atoms with van der Waals surface area (Å²) in [5.74, 6) is -0.767. The number of nitrogens with zero attached hydrogens (tertiary/aromatic N) is 1. The van der Waals surface area contributed by atoms with Gasteiger partial charge in [0.15, 0.2) is 0 Å². The standard InChI is InChI=1S/C9H11BrN2O2S2/c1-12-6(9(13)14)4-5(11-16-12)7-2-3-8(10)15-7/h2-3,5-6,11H,4H2,1H3,(H,13,14)/t5-,6+/m1/s1. The second-order valence-electron chi connectivity index (χ2n) is 3.54. The fourth-order valence-electron chi connectivity index (χ4n) is 1.58. The molecule has 4 nitrogen and oxygen atoms in total. The zero-order valence-corrected chi connectivity index (χ0v) is 11.7. The number of carbonyl (C=O) groups is 1. The minimum atomic E-state index is -0.767. The maximum Gasteiger partial charge on any atom is 0.321 e. The normalized spacial score (nSPS) is 26.9. The molecule has 0 spiro atoms. The minimum Gasteiger partial charge on any atom is -0.480 e. The molecule has 2 atom stereocenters. The third kappa shape index (κ3) is 2.60. The molecule has 1 aliphatic heterocycles. The van der Waals surface area contributed by atoms with E-state index in [0.29, 0.717) is 6.42 Å². The first-order valence-corrected chi connectivity index (χ1v) is 7.09. The van der Waals surface area contributed by atoms with E-state index in [9.17, 15) is 4.79 Å². The number of halogens is 1. The molecule has 0 saturated carbocycles. The van der Waals surface area contributed by atoms with Crippen molar-refractivity contribution >= 4 is 45.4 Å². The van der Waals surface area contributed by atoms with Crippen LogP contribution in [0.2, 0.25) is 0 Å². The molecule has 0 unspecified atom stereocenters. The summed E-state index contributed by atoms with van der Waals surface area (Å²) in [6.07, 6.45) is 0.589. The van der Waals surface area contributed by atoms with Gasteiger partial charge in [0, 0.05) is 17.0 Å². The number of rotatable bonds is 2. The van der Waals surface area contributed by atoms with Crippen molar-refractivity contribution in [3.63, 3.8) is 0 Å². The molecular formula is C9H11BrN2O2S2. The highest BCUT2D eigenvalue weighted by Gasteiger charge is 2.33. The average molecular weight is 323 g/mol. The first-order chi connectivity index (χ1) is 7.58. The molecule has 88 valence electrons. The van der Waals surface area contributed by atoms with Crippen molar-refractivity contribution in [2.24, 2.45) is 0 Å². The van der Waals surface area contributed by atoms with Gasteiger partial charge in [-0.3, -0.25) is 4.79 Å². The molecule has 0 bridgehead atoms. The summed E-state index contributed by atoms with van der Waals surface area (Å²) >= 11 is 6.41. The summed E-state index contributed by atoms with van der Waals surface area (Å²) in [5.41, 5.74) is 0. The number of likely N-dealkylation sites (N-methyl/N-ethyl adjacent to an activating group) is 1. The fourth-order valence-corrected chi connectivity index (χ4v) is 3.96. The molecule has 1 aliphatic rings. The highest BCUT2D eigenvalue weighted by Crippen LogP contribution is 2.35. The van der Waals surface area contributed by atoms with E-state index < -0.39 is 12.0 Å². The van der Waals surface area contributed by atoms with Crippen molar-refractivity contribution < 1.29 is 9.90 Å². The maximum absolute atomic E-state index is 11.1. The maximum atomic E-state index is 11.1. The van der Waals surface area contributed by atoms with Crippen LogP contribution < -0.4 is 4.72 Å². The summed E-state index contributed by atoms with van der Waals surface area (Å²) < 4.78 is 6.06. The van der Waals surface area contributed by atoms with Gasteiger partial charge in [-0.15, -0.1) is 11.3 Å². The lowest BCUT2D eigenvalue weighted by Crippen LogP contribution is -2.43. The van der Waals surface area contributed by atoms with Gasteiger partial charge in [-0.25, -0.2) is 9.03 Å². The van der Waals surface area contributed by atoms with Crippen molar-refractivity contribution in [1.29, 1.82) is 0 Å². The molecule has 1 fully saturated rings. The van der Waals surface area contributed by atoms with E-state index in [0.717, 1.165) is 3.79 Å². The Hall–Kier alpha value is -0.0800. The van der Waals surface area contributed by atoms with Crippen molar-refractivity contribution in [2.45, 2.75) is 18.5 Å². The molecule has 1 saturated heterocycles. The minimum absolute atomic E-state index is 0.110. The quantitative estimate of drug-likeness (QED) is 0.819. The summed E-state index contributed by atoms with van der Waals surface area (Å²) in [4.78, 5) is 12.2. The van der Waals surface area contributed by atoms with E-state index >= 15 is 0 Å². The summed E-state index contributed by atoms with van der Waals surface area (Å²) in [6, 6.07) is 3.69. The predicted octanol–water partition coefficient (Wildman–Crippen LogP) is 2.49. The second-order valence-corrected chi connectivity index (χ2v) is 7.03. The van der Waals surface area contributed by atoms with Gasteiger partial charge < -0.3 is 5.11 Å². The zero-order chi connectivity index (χ0) is 11.7. The Bertz CT molecular complexity index is 399. The van der Waals surface area contributed by atoms with Crippen molar-refractivity contribution in [2.75, 3.05) is 7.05 Å². The largest absolute Gasteiger partial charge is 0.480 e. The summed E-state index contributed by atoms with van der Waals surface area (Å²) in [6.45, 7) is 0. The van der Waals surface area contributed by atoms with Gasteiger partial charge in [0.1, 0.15) is 6.04 Å². The molecule has 0 amide bonds. The Morgan fingerprint density at radius 1 is 1.69 bits per heavy atom. The van der Waals surface area contributed by atoms with Crippen LogP contribution in [0, 0.1) is 0 Å². The van der Waals surface area contributed by atoms with Gasteiger partial charge in [0.05, 0.1) is 9.83 Å². The summed E-state index contributed by atoms with van der Waals surface area (Å²) in [7, 11) is 1.79. The number of hydrogen-bond donors (Lipinski definition) is 2. The van der Waals surface area contributed by atoms with Gasteiger partial charge in [0.2, 0.25) is 0 Å². The fraction of sp³-hybridized carbons (Fsp3) is 0.444. The second kappa shape index (κ2) is 5.05. The van der Waals surface area contributed by atoms with Crippen LogP contribution in [-0.2, 0) is 4.79 Å². The van der Waals surface area contributed by atoms with Gasteiger partial charge in [-0.2, -0.15) is 0 Å². The molecule has 2 rings (SSSR count). The van der Waals surface area contributed by atoms with Crippen LogP contribution in [0.1, 0.15) is 17.3 Å². The predicted molar refractivity (Wildman–Crippen MR) is 69.3 cm³/mol. The van der Waals surface area contributed by atoms with Crippen LogP contribution >= 0.6 is 39.4 Å². The van der Waals surface area contributed by atoms with Crippen LogP contribution in [0.5, 0.6) is 0 Å². The van der Waals surface area contributed by atoms with E-state index in [1.807, 2.05) is 12.1 Å². The first-order valence-electron chi connectivity index (χ1n) is 4.71. The molecule has 1 aromatic rings. The van der Waals surface area contributed by atoms with Gasteiger partial charge in [0.25, 0.3) is 0 Å². The topological polar surface area (TPSA) is 52.6 Å². The number of thiophene rings is 1. The Morgan fingerprint density at radius 3 is 3.00 bits per heavy atom. The smallest absolute Gasteiger partial charge is 0.321 e. The SMILES string of the molecule is CN1SN[C@@H](c2ccc(Br)s2)C[C@H]1C(=O)O. The Balaban J connectivity index is 2.11. The van der Waals surface area contributed by atoms with Gasteiger partial charge >= 0.3 is 5.97 Å². The molecule has 2 N–H and O–H groups in total. The highest BCUT2D eigenvalue weighted by molar-refractivity contribution is 9.11. The highest BCUT2D eigenvalue weighted by atomic mass is 79.9. The molecule has 2 heterocycles. The lowest BCUT2D eigenvalue weighted by Gasteiger charge is -2.33. The van der Waals surface area contributed by atoms with Crippen LogP contribution in [0.4, 0.5) is 0 Å². The molecule has 7 heteroatoms. The number of carboxylic acids is 1. The van der Waals surface area contributed by atoms with Crippen molar-refractivity contribution in [3.05, 3.63) is 20.8 Å². The lowest BCUT2D eigenvalue weighted by molar-refractivity contribution is -0.141. The van der Waals surface area contributed by atoms with Gasteiger partial charge in [-0.1, -0.05) is 0 Å². The van der Waals surface area contributed by atoms with Crippen LogP contribution in [-0.4, -0.2) is 28.5 Å². The van der Waals surface area contributed by atoms with E-state index in [-0.39, 0.29) is 6.04 Å². The van der Waals surface area contributed by atoms with E-state index in [1.165, 1.54) is 17.0 Å². The molecule has 16 heavy (non-hydrogen) atoms.